The Hall–Kier alpha value is -5.19. The zero-order chi connectivity index (χ0) is 45.9. The second kappa shape index (κ2) is 17.0. The SMILES string of the molecule is C=C1C=C[C@@]2(C)C(=C1)CC[C@@H]1[C@@H]2[C@@H](O)C[C@@]2(C)[C@H]1C[C@H]1O[C@](C)(c3ccc(Sc4ccc(NC(=O)[C@H](C)NC(=O)[C@H](C)NC(=O)CCN5C(=O)C=CC5=O)cc4)cc3)O[C@]12C(=O)CO. The topological polar surface area (TPSA) is 201 Å². The number of allylic oxidation sites excluding steroid dienone is 5. The third-order valence-corrected chi connectivity index (χ3v) is 15.8. The first-order valence-electron chi connectivity index (χ1n) is 21.9. The number of aliphatic hydroxyl groups is 2. The summed E-state index contributed by atoms with van der Waals surface area (Å²) in [5.74, 6) is -4.11. The normalized spacial score (nSPS) is 33.4. The lowest BCUT2D eigenvalue weighted by Crippen LogP contribution is -2.63. The Bertz CT molecular complexity index is 2360. The van der Waals surface area contributed by atoms with E-state index in [1.165, 1.54) is 31.2 Å². The highest BCUT2D eigenvalue weighted by atomic mass is 32.2. The zero-order valence-electron chi connectivity index (χ0n) is 36.7. The summed E-state index contributed by atoms with van der Waals surface area (Å²) in [6, 6.07) is 13.0. The third-order valence-electron chi connectivity index (χ3n) is 14.8. The van der Waals surface area contributed by atoms with Crippen LogP contribution >= 0.6 is 11.8 Å². The number of ketones is 1. The van der Waals surface area contributed by atoms with E-state index < -0.39 is 83.0 Å². The monoisotopic (exact) mass is 892 g/mol. The molecule has 0 aromatic heterocycles. The number of benzene rings is 2. The van der Waals surface area contributed by atoms with Gasteiger partial charge in [0.2, 0.25) is 17.7 Å². The number of imide groups is 1. The van der Waals surface area contributed by atoms with E-state index in [1.807, 2.05) is 49.4 Å². The lowest BCUT2D eigenvalue weighted by atomic mass is 9.46. The van der Waals surface area contributed by atoms with Crippen LogP contribution in [0, 0.1) is 28.6 Å². The standard InChI is InChI=1S/C49H56N4O10S/c1-27-19-21-46(4)31(23-27)9-16-35-36-24-39-49(38(56)26-54,47(36,5)25-37(55)43(35)46)63-48(6,62-39)30-7-12-33(13-8-30)64-34-14-10-32(11-15-34)52-45(61)29(3)51-44(60)28(2)50-40(57)20-22-53-41(58)17-18-42(53)59/h7-8,10-15,17-19,21,23,28-29,35-37,39,43,54-55H,1,9,16,20,22,24-26H2,2-6H3,(H,50,57)(H,51,60)(H,52,61)/t28-,29-,35-,36-,37-,39+,43+,46-,47-,48-,49+/m0/s1. The van der Waals surface area contributed by atoms with Gasteiger partial charge in [0.15, 0.2) is 17.2 Å². The minimum atomic E-state index is -1.44. The fraction of sp³-hybridized carbons (Fsp3) is 0.469. The Balaban J connectivity index is 0.865. The van der Waals surface area contributed by atoms with Crippen LogP contribution in [0.1, 0.15) is 72.3 Å². The quantitative estimate of drug-likeness (QED) is 0.172. The number of ether oxygens (including phenoxy) is 2. The molecule has 8 rings (SSSR count). The number of fused-ring (bicyclic) bond motifs is 7. The van der Waals surface area contributed by atoms with E-state index in [9.17, 15) is 39.0 Å². The van der Waals surface area contributed by atoms with Gasteiger partial charge in [-0.15, -0.1) is 0 Å². The van der Waals surface area contributed by atoms with Gasteiger partial charge >= 0.3 is 0 Å². The zero-order valence-corrected chi connectivity index (χ0v) is 37.5. The van der Waals surface area contributed by atoms with Gasteiger partial charge in [0, 0.05) is 62.9 Å². The summed E-state index contributed by atoms with van der Waals surface area (Å²) in [4.78, 5) is 78.3. The molecule has 0 spiro atoms. The molecule has 15 heteroatoms. The van der Waals surface area contributed by atoms with E-state index in [4.69, 9.17) is 9.47 Å². The van der Waals surface area contributed by atoms with Gasteiger partial charge in [0.1, 0.15) is 18.7 Å². The summed E-state index contributed by atoms with van der Waals surface area (Å²) < 4.78 is 13.8. The maximum absolute atomic E-state index is 14.1. The van der Waals surface area contributed by atoms with Gasteiger partial charge in [-0.05, 0) is 100 Å². The van der Waals surface area contributed by atoms with Crippen LogP contribution in [-0.2, 0) is 44.0 Å². The molecule has 3 saturated carbocycles. The molecule has 11 atom stereocenters. The summed E-state index contributed by atoms with van der Waals surface area (Å²) in [6.07, 6.45) is 9.91. The Morgan fingerprint density at radius 3 is 2.22 bits per heavy atom. The highest BCUT2D eigenvalue weighted by Crippen LogP contribution is 2.71. The summed E-state index contributed by atoms with van der Waals surface area (Å²) >= 11 is 1.50. The van der Waals surface area contributed by atoms with Gasteiger partial charge in [0.05, 0.1) is 12.2 Å². The van der Waals surface area contributed by atoms with Crippen molar-refractivity contribution < 1.29 is 48.5 Å². The van der Waals surface area contributed by atoms with Gasteiger partial charge in [0.25, 0.3) is 11.8 Å². The minimum absolute atomic E-state index is 0.0243. The van der Waals surface area contributed by atoms with E-state index >= 15 is 0 Å². The van der Waals surface area contributed by atoms with Crippen molar-refractivity contribution in [3.63, 3.8) is 0 Å². The maximum Gasteiger partial charge on any atom is 0.253 e. The van der Waals surface area contributed by atoms with Crippen LogP contribution in [0.3, 0.4) is 0 Å². The molecule has 6 aliphatic rings. The second-order valence-corrected chi connectivity index (χ2v) is 19.8. The fourth-order valence-corrected chi connectivity index (χ4v) is 12.4. The molecule has 2 aliphatic heterocycles. The summed E-state index contributed by atoms with van der Waals surface area (Å²) in [5.41, 5.74) is 0.977. The average molecular weight is 893 g/mol. The molecular formula is C49H56N4O10S. The van der Waals surface area contributed by atoms with Crippen LogP contribution in [0.4, 0.5) is 5.69 Å². The fourth-order valence-electron chi connectivity index (χ4n) is 11.6. The Morgan fingerprint density at radius 1 is 0.922 bits per heavy atom. The Morgan fingerprint density at radius 2 is 1.56 bits per heavy atom. The number of hydrogen-bond acceptors (Lipinski definition) is 11. The van der Waals surface area contributed by atoms with Crippen molar-refractivity contribution in [2.24, 2.45) is 28.6 Å². The molecule has 338 valence electrons. The second-order valence-electron chi connectivity index (χ2n) is 18.7. The number of amides is 5. The van der Waals surface area contributed by atoms with Gasteiger partial charge in [-0.25, -0.2) is 0 Å². The van der Waals surface area contributed by atoms with Crippen molar-refractivity contribution in [3.05, 3.63) is 102 Å². The summed E-state index contributed by atoms with van der Waals surface area (Å²) in [5, 5.41) is 30.4. The van der Waals surface area contributed by atoms with Crippen LogP contribution in [0.15, 0.2) is 106 Å². The Kier molecular flexibility index (Phi) is 12.0. The minimum Gasteiger partial charge on any atom is -0.393 e. The number of nitrogens with one attached hydrogen (secondary N) is 3. The molecule has 14 nitrogen and oxygen atoms in total. The van der Waals surface area contributed by atoms with E-state index in [0.717, 1.165) is 50.8 Å². The highest BCUT2D eigenvalue weighted by Gasteiger charge is 2.77. The number of rotatable bonds is 13. The van der Waals surface area contributed by atoms with Crippen LogP contribution in [0.2, 0.25) is 0 Å². The van der Waals surface area contributed by atoms with Gasteiger partial charge in [-0.3, -0.25) is 33.7 Å². The molecule has 0 bridgehead atoms. The van der Waals surface area contributed by atoms with E-state index in [2.05, 4.69) is 48.5 Å². The van der Waals surface area contributed by atoms with Crippen molar-refractivity contribution in [2.45, 2.75) is 112 Å². The predicted molar refractivity (Wildman–Crippen MR) is 237 cm³/mol. The van der Waals surface area contributed by atoms with Gasteiger partial charge in [-0.1, -0.05) is 68.1 Å². The molecule has 2 heterocycles. The number of carbonyl (C=O) groups excluding carboxylic acids is 6. The van der Waals surface area contributed by atoms with E-state index in [0.29, 0.717) is 18.5 Å². The molecule has 5 amide bonds. The van der Waals surface area contributed by atoms with Crippen molar-refractivity contribution >= 4 is 52.8 Å². The average Bonchev–Trinajstić information content (AvgIpc) is 3.84. The lowest BCUT2D eigenvalue weighted by molar-refractivity contribution is -0.237. The molecule has 5 N–H and O–H groups in total. The van der Waals surface area contributed by atoms with Crippen molar-refractivity contribution in [3.8, 4) is 0 Å². The molecule has 4 fully saturated rings. The molecule has 0 radical (unpaired) electrons. The summed E-state index contributed by atoms with van der Waals surface area (Å²) in [7, 11) is 0. The number of Topliss-reactive ketones (excluding diaryl/α,β-unsaturated/α-hetero) is 1. The molecule has 1 saturated heterocycles. The van der Waals surface area contributed by atoms with Gasteiger partial charge in [-0.2, -0.15) is 0 Å². The maximum atomic E-state index is 14.1. The van der Waals surface area contributed by atoms with Crippen LogP contribution in [0.25, 0.3) is 0 Å². The number of aliphatic hydroxyl groups excluding tert-OH is 2. The first kappa shape index (κ1) is 45.4. The van der Waals surface area contributed by atoms with Crippen LogP contribution < -0.4 is 16.0 Å². The third kappa shape index (κ3) is 7.78. The van der Waals surface area contributed by atoms with Gasteiger partial charge < -0.3 is 35.6 Å². The first-order chi connectivity index (χ1) is 30.3. The molecule has 64 heavy (non-hydrogen) atoms. The molecule has 2 aromatic carbocycles. The number of carbonyl (C=O) groups is 6. The number of hydrogen-bond donors (Lipinski definition) is 5. The number of nitrogens with zero attached hydrogens (tertiary/aromatic N) is 1. The lowest BCUT2D eigenvalue weighted by Gasteiger charge is -2.60. The molecule has 2 aromatic rings. The van der Waals surface area contributed by atoms with Crippen LogP contribution in [0.5, 0.6) is 0 Å². The smallest absolute Gasteiger partial charge is 0.253 e. The first-order valence-corrected chi connectivity index (χ1v) is 22.8. The highest BCUT2D eigenvalue weighted by molar-refractivity contribution is 7.99. The number of anilines is 1. The van der Waals surface area contributed by atoms with E-state index in [1.54, 1.807) is 12.1 Å². The Labute approximate surface area is 377 Å². The molecule has 4 aliphatic carbocycles. The van der Waals surface area contributed by atoms with Crippen molar-refractivity contribution in [1.29, 1.82) is 0 Å². The van der Waals surface area contributed by atoms with E-state index in [-0.39, 0.29) is 36.1 Å². The van der Waals surface area contributed by atoms with Crippen molar-refractivity contribution in [2.75, 3.05) is 18.5 Å². The molecule has 0 unspecified atom stereocenters. The largest absolute Gasteiger partial charge is 0.393 e. The summed E-state index contributed by atoms with van der Waals surface area (Å²) in [6.45, 7) is 12.4. The van der Waals surface area contributed by atoms with Crippen LogP contribution in [-0.4, -0.2) is 93.5 Å². The van der Waals surface area contributed by atoms with Crippen molar-refractivity contribution in [1.82, 2.24) is 15.5 Å². The predicted octanol–water partition coefficient (Wildman–Crippen LogP) is 4.86. The molecular weight excluding hydrogens is 837 g/mol.